The molecule has 0 aliphatic carbocycles. The lowest BCUT2D eigenvalue weighted by Crippen LogP contribution is -2.26. The first-order valence-electron chi connectivity index (χ1n) is 7.70. The number of anilines is 1. The van der Waals surface area contributed by atoms with E-state index in [2.05, 4.69) is 61.3 Å². The first-order valence-corrected chi connectivity index (χ1v) is 9.72. The molecular formula is C18H16BrN3OS. The van der Waals surface area contributed by atoms with Crippen molar-refractivity contribution in [2.24, 2.45) is 0 Å². The van der Waals surface area contributed by atoms with Crippen LogP contribution in [0.5, 0.6) is 5.75 Å². The molecule has 0 saturated carbocycles. The van der Waals surface area contributed by atoms with Gasteiger partial charge in [-0.25, -0.2) is 9.97 Å². The summed E-state index contributed by atoms with van der Waals surface area (Å²) in [6.45, 7) is 2.18. The maximum atomic E-state index is 5.92. The number of hydrogen-bond acceptors (Lipinski definition) is 5. The van der Waals surface area contributed by atoms with Crippen molar-refractivity contribution in [3.05, 3.63) is 52.8 Å². The third-order valence-corrected chi connectivity index (χ3v) is 5.63. The summed E-state index contributed by atoms with van der Waals surface area (Å²) in [7, 11) is 0. The number of fused-ring (bicyclic) bond motifs is 2. The highest BCUT2D eigenvalue weighted by Gasteiger charge is 2.20. The number of benzene rings is 2. The molecule has 24 heavy (non-hydrogen) atoms. The molecule has 3 aromatic rings. The quantitative estimate of drug-likeness (QED) is 0.590. The van der Waals surface area contributed by atoms with E-state index < -0.39 is 0 Å². The minimum atomic E-state index is 0.636. The molecular weight excluding hydrogens is 386 g/mol. The van der Waals surface area contributed by atoms with Gasteiger partial charge >= 0.3 is 0 Å². The van der Waals surface area contributed by atoms with Crippen LogP contribution in [0.1, 0.15) is 5.56 Å². The normalized spacial score (nSPS) is 14.2. The number of ether oxygens (including phenoxy) is 1. The summed E-state index contributed by atoms with van der Waals surface area (Å²) in [5.74, 6) is 1.90. The summed E-state index contributed by atoms with van der Waals surface area (Å²) in [6, 6.07) is 12.4. The number of halogens is 1. The molecule has 0 N–H and O–H groups in total. The lowest BCUT2D eigenvalue weighted by molar-refractivity contribution is 0.331. The maximum absolute atomic E-state index is 5.92. The smallest absolute Gasteiger partial charge is 0.140 e. The first-order chi connectivity index (χ1) is 11.8. The fourth-order valence-electron chi connectivity index (χ4n) is 2.95. The molecule has 0 amide bonds. The third-order valence-electron chi connectivity index (χ3n) is 4.16. The molecule has 122 valence electrons. The lowest BCUT2D eigenvalue weighted by atomic mass is 10.1. The van der Waals surface area contributed by atoms with Gasteiger partial charge in [-0.3, -0.25) is 0 Å². The number of rotatable bonds is 2. The van der Waals surface area contributed by atoms with Crippen LogP contribution in [-0.4, -0.2) is 29.4 Å². The van der Waals surface area contributed by atoms with Crippen molar-refractivity contribution in [3.63, 3.8) is 0 Å². The van der Waals surface area contributed by atoms with E-state index in [0.29, 0.717) is 6.61 Å². The van der Waals surface area contributed by atoms with E-state index in [1.54, 1.807) is 18.1 Å². The van der Waals surface area contributed by atoms with Crippen molar-refractivity contribution < 1.29 is 4.74 Å². The molecule has 0 atom stereocenters. The van der Waals surface area contributed by atoms with E-state index in [0.717, 1.165) is 45.6 Å². The van der Waals surface area contributed by atoms with Crippen LogP contribution in [0.4, 0.5) is 5.82 Å². The van der Waals surface area contributed by atoms with Gasteiger partial charge in [0.25, 0.3) is 0 Å². The number of thioether (sulfide) groups is 1. The predicted molar refractivity (Wildman–Crippen MR) is 102 cm³/mol. The third kappa shape index (κ3) is 2.84. The Morgan fingerprint density at radius 1 is 1.21 bits per heavy atom. The average Bonchev–Trinajstić information content (AvgIpc) is 2.84. The fraction of sp³-hybridized carbons (Fsp3) is 0.222. The van der Waals surface area contributed by atoms with Crippen LogP contribution in [0.3, 0.4) is 0 Å². The minimum Gasteiger partial charge on any atom is -0.491 e. The van der Waals surface area contributed by atoms with E-state index in [1.165, 1.54) is 4.90 Å². The Hall–Kier alpha value is -1.79. The molecule has 0 fully saturated rings. The largest absolute Gasteiger partial charge is 0.491 e. The molecule has 2 aromatic carbocycles. The standard InChI is InChI=1S/C18H16BrN3OS/c1-24-12-5-6-16-13(9-12)18(21-11-20-16)22-7-8-23-17-4-2-3-15(19)14(17)10-22/h2-6,9,11H,7-8,10H2,1H3. The Morgan fingerprint density at radius 3 is 3.00 bits per heavy atom. The van der Waals surface area contributed by atoms with Gasteiger partial charge in [0.2, 0.25) is 0 Å². The Bertz CT molecular complexity index is 903. The van der Waals surface area contributed by atoms with Crippen LogP contribution in [-0.2, 0) is 6.54 Å². The molecule has 1 aliphatic heterocycles. The van der Waals surface area contributed by atoms with Gasteiger partial charge in [0.15, 0.2) is 0 Å². The van der Waals surface area contributed by atoms with Crippen molar-refractivity contribution >= 4 is 44.4 Å². The Balaban J connectivity index is 1.81. The van der Waals surface area contributed by atoms with Gasteiger partial charge in [0, 0.05) is 26.9 Å². The van der Waals surface area contributed by atoms with Crippen molar-refractivity contribution in [2.75, 3.05) is 24.3 Å². The first kappa shape index (κ1) is 15.7. The maximum Gasteiger partial charge on any atom is 0.140 e. The Labute approximate surface area is 153 Å². The molecule has 1 aromatic heterocycles. The van der Waals surface area contributed by atoms with Crippen LogP contribution in [0, 0.1) is 0 Å². The zero-order valence-electron chi connectivity index (χ0n) is 13.2. The van der Waals surface area contributed by atoms with Gasteiger partial charge in [-0.2, -0.15) is 0 Å². The highest BCUT2D eigenvalue weighted by Crippen LogP contribution is 2.33. The molecule has 2 heterocycles. The molecule has 0 radical (unpaired) electrons. The summed E-state index contributed by atoms with van der Waals surface area (Å²) < 4.78 is 6.98. The van der Waals surface area contributed by atoms with Crippen LogP contribution < -0.4 is 9.64 Å². The molecule has 0 unspecified atom stereocenters. The van der Waals surface area contributed by atoms with Gasteiger partial charge in [0.1, 0.15) is 24.5 Å². The predicted octanol–water partition coefficient (Wildman–Crippen LogP) is 4.51. The van der Waals surface area contributed by atoms with E-state index >= 15 is 0 Å². The number of aromatic nitrogens is 2. The molecule has 1 aliphatic rings. The highest BCUT2D eigenvalue weighted by molar-refractivity contribution is 9.10. The number of nitrogens with zero attached hydrogens (tertiary/aromatic N) is 3. The van der Waals surface area contributed by atoms with Crippen LogP contribution in [0.15, 0.2) is 52.1 Å². The van der Waals surface area contributed by atoms with E-state index in [-0.39, 0.29) is 0 Å². The van der Waals surface area contributed by atoms with Crippen LogP contribution in [0.2, 0.25) is 0 Å². The van der Waals surface area contributed by atoms with Gasteiger partial charge in [-0.1, -0.05) is 22.0 Å². The van der Waals surface area contributed by atoms with E-state index in [4.69, 9.17) is 4.74 Å². The second kappa shape index (κ2) is 6.61. The lowest BCUT2D eigenvalue weighted by Gasteiger charge is -2.22. The monoisotopic (exact) mass is 401 g/mol. The number of hydrogen-bond donors (Lipinski definition) is 0. The fourth-order valence-corrected chi connectivity index (χ4v) is 3.86. The molecule has 4 rings (SSSR count). The Morgan fingerprint density at radius 2 is 2.12 bits per heavy atom. The summed E-state index contributed by atoms with van der Waals surface area (Å²) in [5, 5.41) is 1.08. The topological polar surface area (TPSA) is 38.2 Å². The van der Waals surface area contributed by atoms with E-state index in [9.17, 15) is 0 Å². The molecule has 0 saturated heterocycles. The van der Waals surface area contributed by atoms with Crippen LogP contribution >= 0.6 is 27.7 Å². The van der Waals surface area contributed by atoms with Crippen molar-refractivity contribution in [1.29, 1.82) is 0 Å². The van der Waals surface area contributed by atoms with Gasteiger partial charge < -0.3 is 9.64 Å². The summed E-state index contributed by atoms with van der Waals surface area (Å²) >= 11 is 5.37. The van der Waals surface area contributed by atoms with Gasteiger partial charge in [-0.05, 0) is 36.6 Å². The zero-order valence-corrected chi connectivity index (χ0v) is 15.6. The SMILES string of the molecule is CSc1ccc2ncnc(N3CCOc4cccc(Br)c4C3)c2c1. The van der Waals surface area contributed by atoms with Gasteiger partial charge in [0.05, 0.1) is 12.1 Å². The van der Waals surface area contributed by atoms with Crippen molar-refractivity contribution in [3.8, 4) is 5.75 Å². The molecule has 4 nitrogen and oxygen atoms in total. The molecule has 0 spiro atoms. The second-order valence-electron chi connectivity index (χ2n) is 5.57. The summed E-state index contributed by atoms with van der Waals surface area (Å²) in [4.78, 5) is 12.5. The van der Waals surface area contributed by atoms with Crippen molar-refractivity contribution in [1.82, 2.24) is 9.97 Å². The summed E-state index contributed by atoms with van der Waals surface area (Å²) in [5.41, 5.74) is 2.12. The average molecular weight is 402 g/mol. The van der Waals surface area contributed by atoms with E-state index in [1.807, 2.05) is 12.1 Å². The van der Waals surface area contributed by atoms with Gasteiger partial charge in [-0.15, -0.1) is 11.8 Å². The molecule has 0 bridgehead atoms. The zero-order chi connectivity index (χ0) is 16.5. The second-order valence-corrected chi connectivity index (χ2v) is 7.30. The van der Waals surface area contributed by atoms with Crippen molar-refractivity contribution in [2.45, 2.75) is 11.4 Å². The Kier molecular flexibility index (Phi) is 4.33. The highest BCUT2D eigenvalue weighted by atomic mass is 79.9. The minimum absolute atomic E-state index is 0.636. The van der Waals surface area contributed by atoms with Crippen LogP contribution in [0.25, 0.3) is 10.9 Å². The molecule has 6 heteroatoms. The summed E-state index contributed by atoms with van der Waals surface area (Å²) in [6.07, 6.45) is 3.72.